The van der Waals surface area contributed by atoms with Gasteiger partial charge in [0.05, 0.1) is 11.2 Å². The van der Waals surface area contributed by atoms with Crippen LogP contribution in [0.4, 0.5) is 5.82 Å². The molecule has 0 fully saturated rings. The minimum atomic E-state index is 0.304. The molecule has 0 atom stereocenters. The highest BCUT2D eigenvalue weighted by Crippen LogP contribution is 2.34. The summed E-state index contributed by atoms with van der Waals surface area (Å²) in [5, 5.41) is 4.31. The van der Waals surface area contributed by atoms with Crippen LogP contribution in [0.3, 0.4) is 0 Å². The molecule has 0 aromatic carbocycles. The average Bonchev–Trinajstić information content (AvgIpc) is 2.79. The maximum atomic E-state index is 5.35. The standard InChI is InChI=1S/C15H21N3OS/c1-6-16-14-10(4)15(18-13(17-14)9(2)3)20-12-7-8-19-11(12)5/h7-9H,6H2,1-5H3,(H,16,17,18). The van der Waals surface area contributed by atoms with Crippen molar-refractivity contribution < 1.29 is 4.42 Å². The predicted octanol–water partition coefficient (Wildman–Crippen LogP) is 4.39. The molecule has 0 aliphatic heterocycles. The number of nitrogens with zero attached hydrogens (tertiary/aromatic N) is 2. The van der Waals surface area contributed by atoms with Gasteiger partial charge in [-0.05, 0) is 26.8 Å². The molecule has 0 bridgehead atoms. The Balaban J connectivity index is 2.42. The van der Waals surface area contributed by atoms with Crippen LogP contribution >= 0.6 is 11.8 Å². The van der Waals surface area contributed by atoms with Crippen LogP contribution < -0.4 is 5.32 Å². The summed E-state index contributed by atoms with van der Waals surface area (Å²) in [6.07, 6.45) is 1.71. The molecule has 2 rings (SSSR count). The van der Waals surface area contributed by atoms with Crippen molar-refractivity contribution in [2.24, 2.45) is 0 Å². The number of aromatic nitrogens is 2. The van der Waals surface area contributed by atoms with Crippen LogP contribution in [-0.2, 0) is 0 Å². The predicted molar refractivity (Wildman–Crippen MR) is 82.6 cm³/mol. The lowest BCUT2D eigenvalue weighted by atomic mass is 10.2. The molecule has 0 aliphatic rings. The zero-order valence-corrected chi connectivity index (χ0v) is 13.5. The third-order valence-corrected chi connectivity index (χ3v) is 4.23. The molecule has 1 N–H and O–H groups in total. The Morgan fingerprint density at radius 2 is 2.05 bits per heavy atom. The molecule has 0 saturated heterocycles. The number of furan rings is 1. The Morgan fingerprint density at radius 1 is 1.30 bits per heavy atom. The van der Waals surface area contributed by atoms with Gasteiger partial charge in [-0.25, -0.2) is 9.97 Å². The minimum absolute atomic E-state index is 0.304. The van der Waals surface area contributed by atoms with Gasteiger partial charge in [0.2, 0.25) is 0 Å². The smallest absolute Gasteiger partial charge is 0.134 e. The molecule has 2 aromatic rings. The Labute approximate surface area is 124 Å². The summed E-state index contributed by atoms with van der Waals surface area (Å²) in [6.45, 7) is 11.2. The van der Waals surface area contributed by atoms with E-state index in [9.17, 15) is 0 Å². The normalized spacial score (nSPS) is 11.1. The van der Waals surface area contributed by atoms with Gasteiger partial charge in [-0.3, -0.25) is 0 Å². The first-order valence-corrected chi connectivity index (χ1v) is 7.69. The van der Waals surface area contributed by atoms with E-state index in [4.69, 9.17) is 9.40 Å². The van der Waals surface area contributed by atoms with E-state index in [1.54, 1.807) is 18.0 Å². The Hall–Kier alpha value is -1.49. The van der Waals surface area contributed by atoms with Gasteiger partial charge in [0, 0.05) is 18.0 Å². The van der Waals surface area contributed by atoms with Crippen molar-refractivity contribution in [2.75, 3.05) is 11.9 Å². The maximum absolute atomic E-state index is 5.35. The maximum Gasteiger partial charge on any atom is 0.134 e. The lowest BCUT2D eigenvalue weighted by molar-refractivity contribution is 0.527. The first-order valence-electron chi connectivity index (χ1n) is 6.87. The van der Waals surface area contributed by atoms with Gasteiger partial charge in [0.25, 0.3) is 0 Å². The van der Waals surface area contributed by atoms with Crippen LogP contribution in [0, 0.1) is 13.8 Å². The number of hydrogen-bond acceptors (Lipinski definition) is 5. The van der Waals surface area contributed by atoms with Crippen molar-refractivity contribution in [2.45, 2.75) is 50.5 Å². The summed E-state index contributed by atoms with van der Waals surface area (Å²) in [4.78, 5) is 10.4. The SMILES string of the molecule is CCNc1nc(C(C)C)nc(Sc2ccoc2C)c1C. The Morgan fingerprint density at radius 3 is 2.60 bits per heavy atom. The second-order valence-corrected chi connectivity index (χ2v) is 6.02. The number of nitrogens with one attached hydrogen (secondary N) is 1. The zero-order valence-electron chi connectivity index (χ0n) is 12.7. The van der Waals surface area contributed by atoms with E-state index in [2.05, 4.69) is 38.0 Å². The van der Waals surface area contributed by atoms with E-state index in [0.717, 1.165) is 39.4 Å². The van der Waals surface area contributed by atoms with Gasteiger partial charge in [-0.1, -0.05) is 25.6 Å². The van der Waals surface area contributed by atoms with Gasteiger partial charge in [0.1, 0.15) is 22.4 Å². The fourth-order valence-electron chi connectivity index (χ4n) is 1.79. The quantitative estimate of drug-likeness (QED) is 0.828. The molecule has 5 heteroatoms. The number of hydrogen-bond donors (Lipinski definition) is 1. The molecule has 0 spiro atoms. The summed E-state index contributed by atoms with van der Waals surface area (Å²) >= 11 is 1.63. The van der Waals surface area contributed by atoms with Crippen LogP contribution in [0.1, 0.15) is 43.8 Å². The summed E-state index contributed by atoms with van der Waals surface area (Å²) in [5.74, 6) is 3.02. The lowest BCUT2D eigenvalue weighted by Gasteiger charge is -2.14. The van der Waals surface area contributed by atoms with E-state index in [0.29, 0.717) is 5.92 Å². The van der Waals surface area contributed by atoms with Crippen molar-refractivity contribution in [3.8, 4) is 0 Å². The summed E-state index contributed by atoms with van der Waals surface area (Å²) in [7, 11) is 0. The van der Waals surface area contributed by atoms with Crippen LogP contribution in [-0.4, -0.2) is 16.5 Å². The van der Waals surface area contributed by atoms with Crippen molar-refractivity contribution in [3.05, 3.63) is 29.5 Å². The van der Waals surface area contributed by atoms with Crippen molar-refractivity contribution in [1.29, 1.82) is 0 Å². The van der Waals surface area contributed by atoms with Crippen LogP contribution in [0.15, 0.2) is 26.7 Å². The fourth-order valence-corrected chi connectivity index (χ4v) is 2.71. The minimum Gasteiger partial charge on any atom is -0.468 e. The molecule has 2 aromatic heterocycles. The monoisotopic (exact) mass is 291 g/mol. The average molecular weight is 291 g/mol. The Bertz CT molecular complexity index is 593. The number of aryl methyl sites for hydroxylation is 1. The summed E-state index contributed by atoms with van der Waals surface area (Å²) in [6, 6.07) is 1.98. The molecular weight excluding hydrogens is 270 g/mol. The van der Waals surface area contributed by atoms with Gasteiger partial charge >= 0.3 is 0 Å². The largest absolute Gasteiger partial charge is 0.468 e. The highest BCUT2D eigenvalue weighted by molar-refractivity contribution is 7.99. The fraction of sp³-hybridized carbons (Fsp3) is 0.467. The number of rotatable bonds is 5. The molecule has 0 unspecified atom stereocenters. The molecular formula is C15H21N3OS. The zero-order chi connectivity index (χ0) is 14.7. The van der Waals surface area contributed by atoms with E-state index in [1.165, 1.54) is 0 Å². The van der Waals surface area contributed by atoms with Crippen LogP contribution in [0.2, 0.25) is 0 Å². The van der Waals surface area contributed by atoms with Gasteiger partial charge in [-0.15, -0.1) is 0 Å². The van der Waals surface area contributed by atoms with E-state index in [1.807, 2.05) is 13.0 Å². The number of anilines is 1. The van der Waals surface area contributed by atoms with E-state index >= 15 is 0 Å². The molecule has 20 heavy (non-hydrogen) atoms. The molecule has 0 aliphatic carbocycles. The summed E-state index contributed by atoms with van der Waals surface area (Å²) in [5.41, 5.74) is 1.09. The highest BCUT2D eigenvalue weighted by atomic mass is 32.2. The lowest BCUT2D eigenvalue weighted by Crippen LogP contribution is -2.08. The highest BCUT2D eigenvalue weighted by Gasteiger charge is 2.15. The topological polar surface area (TPSA) is 51.0 Å². The van der Waals surface area contributed by atoms with Crippen LogP contribution in [0.25, 0.3) is 0 Å². The van der Waals surface area contributed by atoms with Crippen molar-refractivity contribution in [1.82, 2.24) is 9.97 Å². The molecule has 108 valence electrons. The molecule has 0 amide bonds. The molecule has 2 heterocycles. The van der Waals surface area contributed by atoms with Gasteiger partial charge in [0.15, 0.2) is 0 Å². The third kappa shape index (κ3) is 3.15. The molecule has 4 nitrogen and oxygen atoms in total. The van der Waals surface area contributed by atoms with Crippen molar-refractivity contribution >= 4 is 17.6 Å². The first kappa shape index (κ1) is 14.9. The summed E-state index contributed by atoms with van der Waals surface area (Å²) < 4.78 is 5.35. The van der Waals surface area contributed by atoms with Crippen molar-refractivity contribution in [3.63, 3.8) is 0 Å². The van der Waals surface area contributed by atoms with Crippen LogP contribution in [0.5, 0.6) is 0 Å². The van der Waals surface area contributed by atoms with E-state index < -0.39 is 0 Å². The third-order valence-electron chi connectivity index (χ3n) is 3.00. The second kappa shape index (κ2) is 6.31. The molecule has 0 saturated carbocycles. The van der Waals surface area contributed by atoms with Gasteiger partial charge < -0.3 is 9.73 Å². The molecule has 0 radical (unpaired) electrons. The van der Waals surface area contributed by atoms with E-state index in [-0.39, 0.29) is 0 Å². The second-order valence-electron chi connectivity index (χ2n) is 4.99. The Kier molecular flexibility index (Phi) is 4.70. The van der Waals surface area contributed by atoms with Gasteiger partial charge in [-0.2, -0.15) is 0 Å². The first-order chi connectivity index (χ1) is 9.52.